The minimum atomic E-state index is -0.845. The fraction of sp³-hybridized carbons (Fsp3) is 0.385. The first-order valence-corrected chi connectivity index (χ1v) is 6.84. The molecule has 0 saturated carbocycles. The van der Waals surface area contributed by atoms with Crippen LogP contribution in [0.25, 0.3) is 11.0 Å². The normalized spacial score (nSPS) is 11.4. The number of hydrogen-bond donors (Lipinski definition) is 1. The van der Waals surface area contributed by atoms with Gasteiger partial charge in [-0.2, -0.15) is 0 Å². The standard InChI is InChI=1S/C13H15Cl2N3O2/c1-17(2)7-12-16-10-5-8(14)9(15)6-11(10)18(12)4-3-13(19)20/h5-6H,3-4,7H2,1-2H3,(H,19,20). The zero-order valence-electron chi connectivity index (χ0n) is 11.2. The molecule has 0 amide bonds. The summed E-state index contributed by atoms with van der Waals surface area (Å²) < 4.78 is 1.88. The molecule has 0 bridgehead atoms. The van der Waals surface area contributed by atoms with Gasteiger partial charge in [0.15, 0.2) is 0 Å². The molecule has 2 aromatic rings. The van der Waals surface area contributed by atoms with Crippen molar-refractivity contribution in [3.05, 3.63) is 28.0 Å². The number of aromatic nitrogens is 2. The van der Waals surface area contributed by atoms with Crippen LogP contribution in [0.1, 0.15) is 12.2 Å². The number of carboxylic acid groups (broad SMARTS) is 1. The van der Waals surface area contributed by atoms with Crippen LogP contribution in [-0.4, -0.2) is 39.6 Å². The maximum absolute atomic E-state index is 10.8. The molecule has 1 aromatic carbocycles. The zero-order chi connectivity index (χ0) is 14.9. The Hall–Kier alpha value is -1.30. The van der Waals surface area contributed by atoms with Crippen LogP contribution in [0, 0.1) is 0 Å². The molecule has 0 unspecified atom stereocenters. The van der Waals surface area contributed by atoms with E-state index in [1.54, 1.807) is 12.1 Å². The van der Waals surface area contributed by atoms with Crippen LogP contribution >= 0.6 is 23.2 Å². The topological polar surface area (TPSA) is 58.4 Å². The van der Waals surface area contributed by atoms with Gasteiger partial charge in [-0.1, -0.05) is 23.2 Å². The second-order valence-electron chi connectivity index (χ2n) is 4.82. The second kappa shape index (κ2) is 5.99. The smallest absolute Gasteiger partial charge is 0.305 e. The van der Waals surface area contributed by atoms with Gasteiger partial charge in [0.2, 0.25) is 0 Å². The van der Waals surface area contributed by atoms with E-state index in [1.807, 2.05) is 23.6 Å². The minimum Gasteiger partial charge on any atom is -0.481 e. The highest BCUT2D eigenvalue weighted by molar-refractivity contribution is 6.42. The van der Waals surface area contributed by atoms with Crippen molar-refractivity contribution in [1.29, 1.82) is 0 Å². The Morgan fingerprint density at radius 3 is 2.60 bits per heavy atom. The van der Waals surface area contributed by atoms with Crippen molar-refractivity contribution in [2.24, 2.45) is 0 Å². The lowest BCUT2D eigenvalue weighted by atomic mass is 10.3. The van der Waals surface area contributed by atoms with Gasteiger partial charge < -0.3 is 14.6 Å². The molecule has 0 fully saturated rings. The monoisotopic (exact) mass is 315 g/mol. The summed E-state index contributed by atoms with van der Waals surface area (Å²) in [6.07, 6.45) is 0.0339. The Morgan fingerprint density at radius 2 is 2.00 bits per heavy atom. The van der Waals surface area contributed by atoms with E-state index in [-0.39, 0.29) is 6.42 Å². The van der Waals surface area contributed by atoms with Crippen LogP contribution in [-0.2, 0) is 17.9 Å². The van der Waals surface area contributed by atoms with E-state index in [9.17, 15) is 4.79 Å². The quantitative estimate of drug-likeness (QED) is 0.921. The molecule has 0 atom stereocenters. The zero-order valence-corrected chi connectivity index (χ0v) is 12.7. The molecule has 20 heavy (non-hydrogen) atoms. The van der Waals surface area contributed by atoms with E-state index in [4.69, 9.17) is 28.3 Å². The molecule has 1 N–H and O–H groups in total. The highest BCUT2D eigenvalue weighted by atomic mass is 35.5. The number of fused-ring (bicyclic) bond motifs is 1. The van der Waals surface area contributed by atoms with Gasteiger partial charge >= 0.3 is 5.97 Å². The Kier molecular flexibility index (Phi) is 4.52. The third kappa shape index (κ3) is 3.23. The first-order chi connectivity index (χ1) is 9.38. The molecule has 0 saturated heterocycles. The van der Waals surface area contributed by atoms with Gasteiger partial charge in [-0.25, -0.2) is 4.98 Å². The highest BCUT2D eigenvalue weighted by Crippen LogP contribution is 2.28. The number of hydrogen-bond acceptors (Lipinski definition) is 3. The summed E-state index contributed by atoms with van der Waals surface area (Å²) in [5.74, 6) is -0.0488. The predicted molar refractivity (Wildman–Crippen MR) is 79.4 cm³/mol. The van der Waals surface area contributed by atoms with Gasteiger partial charge in [-0.05, 0) is 26.2 Å². The van der Waals surface area contributed by atoms with Crippen LogP contribution < -0.4 is 0 Å². The van der Waals surface area contributed by atoms with Crippen LogP contribution in [0.2, 0.25) is 10.0 Å². The summed E-state index contributed by atoms with van der Waals surface area (Å²) in [5, 5.41) is 9.74. The van der Waals surface area contributed by atoms with Gasteiger partial charge in [0, 0.05) is 6.54 Å². The number of imidazole rings is 1. The average Bonchev–Trinajstić information content (AvgIpc) is 2.63. The van der Waals surface area contributed by atoms with Crippen LogP contribution in [0.15, 0.2) is 12.1 Å². The van der Waals surface area contributed by atoms with Crippen molar-refractivity contribution in [2.75, 3.05) is 14.1 Å². The van der Waals surface area contributed by atoms with Crippen LogP contribution in [0.3, 0.4) is 0 Å². The number of nitrogens with zero attached hydrogens (tertiary/aromatic N) is 3. The van der Waals surface area contributed by atoms with Crippen molar-refractivity contribution in [1.82, 2.24) is 14.5 Å². The van der Waals surface area contributed by atoms with Crippen molar-refractivity contribution < 1.29 is 9.90 Å². The molecule has 7 heteroatoms. The van der Waals surface area contributed by atoms with Crippen molar-refractivity contribution in [3.8, 4) is 0 Å². The van der Waals surface area contributed by atoms with Gasteiger partial charge in [0.25, 0.3) is 0 Å². The number of carbonyl (C=O) groups is 1. The van der Waals surface area contributed by atoms with Crippen molar-refractivity contribution >= 4 is 40.2 Å². The van der Waals surface area contributed by atoms with Gasteiger partial charge in [0.1, 0.15) is 5.82 Å². The van der Waals surface area contributed by atoms with E-state index in [2.05, 4.69) is 4.98 Å². The van der Waals surface area contributed by atoms with Crippen LogP contribution in [0.5, 0.6) is 0 Å². The summed E-state index contributed by atoms with van der Waals surface area (Å²) in [4.78, 5) is 17.3. The van der Waals surface area contributed by atoms with Gasteiger partial charge in [-0.15, -0.1) is 0 Å². The summed E-state index contributed by atoms with van der Waals surface area (Å²) in [6, 6.07) is 3.43. The third-order valence-electron chi connectivity index (χ3n) is 2.88. The summed E-state index contributed by atoms with van der Waals surface area (Å²) in [5.41, 5.74) is 1.53. The van der Waals surface area contributed by atoms with E-state index in [1.165, 1.54) is 0 Å². The Bertz CT molecular complexity index is 653. The van der Waals surface area contributed by atoms with Gasteiger partial charge in [-0.3, -0.25) is 4.79 Å². The molecular formula is C13H15Cl2N3O2. The second-order valence-corrected chi connectivity index (χ2v) is 5.63. The average molecular weight is 316 g/mol. The molecule has 0 aliphatic heterocycles. The van der Waals surface area contributed by atoms with E-state index in [0.717, 1.165) is 16.9 Å². The summed E-state index contributed by atoms with van der Waals surface area (Å²) >= 11 is 12.0. The lowest BCUT2D eigenvalue weighted by molar-refractivity contribution is -0.137. The SMILES string of the molecule is CN(C)Cc1nc2cc(Cl)c(Cl)cc2n1CCC(=O)O. The lowest BCUT2D eigenvalue weighted by Crippen LogP contribution is -2.16. The molecule has 0 aliphatic carbocycles. The summed E-state index contributed by atoms with van der Waals surface area (Å²) in [7, 11) is 3.86. The maximum atomic E-state index is 10.8. The molecular weight excluding hydrogens is 301 g/mol. The molecule has 2 rings (SSSR count). The molecule has 0 spiro atoms. The lowest BCUT2D eigenvalue weighted by Gasteiger charge is -2.12. The largest absolute Gasteiger partial charge is 0.481 e. The maximum Gasteiger partial charge on any atom is 0.305 e. The first kappa shape index (κ1) is 15.1. The Labute approximate surface area is 126 Å². The number of aryl methyl sites for hydroxylation is 1. The highest BCUT2D eigenvalue weighted by Gasteiger charge is 2.14. The van der Waals surface area contributed by atoms with Crippen LogP contribution in [0.4, 0.5) is 0 Å². The number of benzene rings is 1. The molecule has 1 aromatic heterocycles. The molecule has 1 heterocycles. The third-order valence-corrected chi connectivity index (χ3v) is 3.60. The molecule has 0 radical (unpaired) electrons. The number of carboxylic acids is 1. The van der Waals surface area contributed by atoms with E-state index < -0.39 is 5.97 Å². The fourth-order valence-corrected chi connectivity index (χ4v) is 2.35. The van der Waals surface area contributed by atoms with Crippen molar-refractivity contribution in [3.63, 3.8) is 0 Å². The minimum absolute atomic E-state index is 0.0339. The number of halogens is 2. The van der Waals surface area contributed by atoms with Crippen molar-refractivity contribution in [2.45, 2.75) is 19.5 Å². The molecule has 108 valence electrons. The first-order valence-electron chi connectivity index (χ1n) is 6.09. The van der Waals surface area contributed by atoms with E-state index in [0.29, 0.717) is 23.1 Å². The van der Waals surface area contributed by atoms with Gasteiger partial charge in [0.05, 0.1) is 34.0 Å². The Morgan fingerprint density at radius 1 is 1.35 bits per heavy atom. The summed E-state index contributed by atoms with van der Waals surface area (Å²) in [6.45, 7) is 0.969. The molecule has 0 aliphatic rings. The molecule has 5 nitrogen and oxygen atoms in total. The Balaban J connectivity index is 2.52. The number of rotatable bonds is 5. The fourth-order valence-electron chi connectivity index (χ4n) is 2.03. The van der Waals surface area contributed by atoms with E-state index >= 15 is 0 Å². The number of aliphatic carboxylic acids is 1. The predicted octanol–water partition coefficient (Wildman–Crippen LogP) is 2.88.